The number of aliphatic carboxylic acids is 2. The number of esters is 2. The minimum Gasteiger partial charge on any atom is -0.478 e. The average molecular weight is 1170 g/mol. The molecule has 2 aliphatic rings. The van der Waals surface area contributed by atoms with Crippen LogP contribution in [0, 0.1) is 116 Å². The van der Waals surface area contributed by atoms with Crippen LogP contribution in [0.15, 0.2) is 55.2 Å². The largest absolute Gasteiger partial charge is 0.478 e. The van der Waals surface area contributed by atoms with Crippen LogP contribution in [0.1, 0.15) is 0 Å². The summed E-state index contributed by atoms with van der Waals surface area (Å²) in [6.45, 7) is 2.68. The number of carbonyl (C=O) groups excluding carboxylic acids is 7. The summed E-state index contributed by atoms with van der Waals surface area (Å²) in [7, 11) is 0. The maximum Gasteiger partial charge on any atom is 0.338 e. The van der Waals surface area contributed by atoms with Crippen molar-refractivity contribution in [3.8, 4) is 0 Å². The Morgan fingerprint density at radius 2 is 0.671 bits per heavy atom. The Bertz CT molecular complexity index is 2980. The number of carboxylic acid groups (broad SMARTS) is 2. The van der Waals surface area contributed by atoms with Gasteiger partial charge in [-0.1, -0.05) is 0 Å². The summed E-state index contributed by atoms with van der Waals surface area (Å²) in [5.41, 5.74) is -1.51. The smallest absolute Gasteiger partial charge is 0.338 e. The van der Waals surface area contributed by atoms with Crippen LogP contribution in [-0.2, 0) is 47.9 Å². The zero-order chi connectivity index (χ0) is 60.5. The highest BCUT2D eigenvalue weighted by atomic mass is 19.2. The fourth-order valence-corrected chi connectivity index (χ4v) is 4.39. The lowest BCUT2D eigenvalue weighted by molar-refractivity contribution is -0.150. The van der Waals surface area contributed by atoms with Crippen molar-refractivity contribution in [2.24, 2.45) is 0 Å². The van der Waals surface area contributed by atoms with Gasteiger partial charge < -0.3 is 36.8 Å². The first-order valence-electron chi connectivity index (χ1n) is 18.4. The number of nitrogens with one attached hydrogen (secondary N) is 2. The van der Waals surface area contributed by atoms with E-state index in [0.717, 1.165) is 12.2 Å². The first-order chi connectivity index (χ1) is 36.0. The first kappa shape index (κ1) is 68.8. The minimum absolute atomic E-state index is 0. The summed E-state index contributed by atoms with van der Waals surface area (Å²) in [6.07, 6.45) is 4.81. The first-order valence-corrected chi connectivity index (χ1v) is 18.4. The van der Waals surface area contributed by atoms with Gasteiger partial charge >= 0.3 is 23.9 Å². The zero-order valence-electron chi connectivity index (χ0n) is 36.9. The lowest BCUT2D eigenvalue weighted by Gasteiger charge is -2.16. The number of hydrogen-bond donors (Lipinski definition) is 5. The molecule has 6 rings (SSSR count). The predicted octanol–water partition coefficient (Wildman–Crippen LogP) is 6.50. The van der Waals surface area contributed by atoms with Crippen LogP contribution >= 0.6 is 0 Å². The molecule has 0 aliphatic carbocycles. The van der Waals surface area contributed by atoms with Crippen LogP contribution in [0.2, 0.25) is 0 Å². The van der Waals surface area contributed by atoms with E-state index in [2.05, 4.69) is 17.0 Å². The van der Waals surface area contributed by atoms with Crippen LogP contribution in [0.4, 0.5) is 111 Å². The van der Waals surface area contributed by atoms with E-state index in [4.69, 9.17) is 15.0 Å². The molecule has 0 atom stereocenters. The standard InChI is InChI=1S/2C10H4F5NO3.C10H2F5NO2.C6H2F5N.C4H2O3.C2H2O.H2O/c2*11-5-6(12)8(14)10(9(15)7(5)13)16-3(17)1-2-4(18)19;11-5-6(12)8(14)10(9(15)7(5)13)16-3(17)1-2-4(16)18;7-1-2(8)4(10)6(12)5(11)3(1)9;5-3-1-2-4(6)7-3;1-2-3;/h2*1-2H,(H,16,17)(H,18,19);1-2H;12H2;1-2H;1H2;1H2/b2*2-1-;;;;;. The molecule has 0 aromatic heterocycles. The second kappa shape index (κ2) is 29.8. The number of rotatable bonds is 7. The van der Waals surface area contributed by atoms with Gasteiger partial charge in [0.25, 0.3) is 11.8 Å². The third kappa shape index (κ3) is 17.4. The molecule has 0 unspecified atom stereocenters. The van der Waals surface area contributed by atoms with E-state index < -0.39 is 187 Å². The normalized spacial score (nSPS) is 11.8. The molecule has 0 radical (unpaired) electrons. The van der Waals surface area contributed by atoms with Crippen LogP contribution in [0.3, 0.4) is 0 Å². The van der Waals surface area contributed by atoms with E-state index in [1.165, 1.54) is 16.6 Å². The van der Waals surface area contributed by atoms with Crippen molar-refractivity contribution in [2.75, 3.05) is 21.3 Å². The van der Waals surface area contributed by atoms with Crippen molar-refractivity contribution in [2.45, 2.75) is 0 Å². The quantitative estimate of drug-likeness (QED) is 0.0152. The zero-order valence-corrected chi connectivity index (χ0v) is 36.9. The van der Waals surface area contributed by atoms with Gasteiger partial charge in [-0.25, -0.2) is 117 Å². The second-order valence-electron chi connectivity index (χ2n) is 12.7. The Morgan fingerprint density at radius 3 is 0.899 bits per heavy atom. The molecule has 4 aromatic rings. The van der Waals surface area contributed by atoms with Gasteiger partial charge in [-0.3, -0.25) is 19.2 Å². The number of nitrogen functional groups attached to an aromatic ring is 1. The fourth-order valence-electron chi connectivity index (χ4n) is 4.39. The summed E-state index contributed by atoms with van der Waals surface area (Å²) >= 11 is 0. The summed E-state index contributed by atoms with van der Waals surface area (Å²) in [4.78, 5) is 92.7. The molecule has 4 amide bonds. The lowest BCUT2D eigenvalue weighted by Crippen LogP contribution is -2.32. The lowest BCUT2D eigenvalue weighted by atomic mass is 10.2. The monoisotopic (exact) mass is 1170 g/mol. The van der Waals surface area contributed by atoms with Crippen molar-refractivity contribution in [1.29, 1.82) is 0 Å². The van der Waals surface area contributed by atoms with E-state index in [0.29, 0.717) is 36.5 Å². The van der Waals surface area contributed by atoms with Crippen LogP contribution in [0.5, 0.6) is 0 Å². The molecule has 79 heavy (non-hydrogen) atoms. The maximum absolute atomic E-state index is 13.3. The molecule has 0 spiro atoms. The molecular weight excluding hydrogens is 1150 g/mol. The van der Waals surface area contributed by atoms with E-state index in [1.54, 1.807) is 0 Å². The van der Waals surface area contributed by atoms with E-state index in [-0.39, 0.29) is 10.4 Å². The second-order valence-corrected chi connectivity index (χ2v) is 12.7. The molecule has 0 saturated carbocycles. The molecule has 0 fully saturated rings. The molecule has 0 bridgehead atoms. The van der Waals surface area contributed by atoms with E-state index in [9.17, 15) is 126 Å². The summed E-state index contributed by atoms with van der Waals surface area (Å²) in [5.74, 6) is -52.2. The molecule has 8 N–H and O–H groups in total. The van der Waals surface area contributed by atoms with Crippen molar-refractivity contribution >= 4 is 76.2 Å². The molecule has 0 saturated heterocycles. The molecule has 424 valence electrons. The van der Waals surface area contributed by atoms with Crippen molar-refractivity contribution in [3.05, 3.63) is 172 Å². The number of carboxylic acids is 2. The summed E-state index contributed by atoms with van der Waals surface area (Å²) in [6, 6.07) is 0. The van der Waals surface area contributed by atoms with Gasteiger partial charge in [0.1, 0.15) is 28.7 Å². The van der Waals surface area contributed by atoms with Crippen LogP contribution < -0.4 is 21.3 Å². The number of benzene rings is 4. The van der Waals surface area contributed by atoms with Crippen molar-refractivity contribution in [3.63, 3.8) is 0 Å². The number of halogens is 20. The van der Waals surface area contributed by atoms with E-state index in [1.807, 2.05) is 0 Å². The van der Waals surface area contributed by atoms with Gasteiger partial charge in [-0.05, 0) is 6.58 Å². The molecule has 4 aromatic carbocycles. The Morgan fingerprint density at radius 1 is 0.443 bits per heavy atom. The van der Waals surface area contributed by atoms with Crippen LogP contribution in [0.25, 0.3) is 0 Å². The minimum atomic E-state index is -2.37. The third-order valence-corrected chi connectivity index (χ3v) is 7.69. The number of anilines is 4. The third-order valence-electron chi connectivity index (χ3n) is 7.69. The van der Waals surface area contributed by atoms with Gasteiger partial charge in [0.05, 0.1) is 0 Å². The fraction of sp³-hybridized carbons (Fsp3) is 0. The number of carbonyl (C=O) groups is 8. The van der Waals surface area contributed by atoms with Gasteiger partial charge in [-0.15, -0.1) is 0 Å². The summed E-state index contributed by atoms with van der Waals surface area (Å²) < 4.78 is 259. The van der Waals surface area contributed by atoms with Gasteiger partial charge in [0, 0.05) is 48.6 Å². The number of nitrogens with zero attached hydrogens (tertiary/aromatic N) is 1. The SMILES string of the molecule is C=C=O.Nc1c(F)c(F)c(F)c(F)c1F.O.O=C(O)/C=C\C(=O)Nc1c(F)c(F)c(F)c(F)c1F.O=C(O)/C=C\C(=O)Nc1c(F)c(F)c(F)c(F)c1F.O=C1C=CC(=O)N1c1c(F)c(F)c(F)c(F)c1F.O=C1C=CC(=O)O1. The van der Waals surface area contributed by atoms with Crippen molar-refractivity contribution < 1.29 is 151 Å². The number of cyclic esters (lactones) is 2. The van der Waals surface area contributed by atoms with Gasteiger partial charge in [0.2, 0.25) is 35.1 Å². The Kier molecular flexibility index (Phi) is 25.9. The van der Waals surface area contributed by atoms with E-state index >= 15 is 0 Å². The topological polar surface area (TPSA) is 288 Å². The number of hydrogen-bond acceptors (Lipinski definition) is 11. The number of amides is 4. The van der Waals surface area contributed by atoms with Gasteiger partial charge in [0.15, 0.2) is 93.1 Å². The predicted molar refractivity (Wildman–Crippen MR) is 217 cm³/mol. The number of ether oxygens (including phenoxy) is 1. The maximum atomic E-state index is 13.3. The van der Waals surface area contributed by atoms with Crippen molar-refractivity contribution in [1.82, 2.24) is 0 Å². The number of nitrogens with two attached hydrogens (primary N) is 1. The summed E-state index contributed by atoms with van der Waals surface area (Å²) in [5, 5.41) is 19.1. The molecule has 17 nitrogen and oxygen atoms in total. The Labute approximate surface area is 420 Å². The molecular formula is C42H18F20N4O13. The Balaban J connectivity index is 0.000000973. The Hall–Kier alpha value is -10.2. The average Bonchev–Trinajstić information content (AvgIpc) is 3.95. The van der Waals surface area contributed by atoms with Gasteiger partial charge in [-0.2, -0.15) is 0 Å². The highest BCUT2D eigenvalue weighted by molar-refractivity contribution is 6.28. The molecule has 37 heteroatoms. The molecule has 2 aliphatic heterocycles. The van der Waals surface area contributed by atoms with Crippen LogP contribution in [-0.4, -0.2) is 69.1 Å². The highest BCUT2D eigenvalue weighted by Gasteiger charge is 2.36. The highest BCUT2D eigenvalue weighted by Crippen LogP contribution is 2.33. The number of imide groups is 1. The molecule has 2 heterocycles.